The van der Waals surface area contributed by atoms with Gasteiger partial charge < -0.3 is 16.0 Å². The van der Waals surface area contributed by atoms with Crippen molar-refractivity contribution < 1.29 is 8.42 Å². The van der Waals surface area contributed by atoms with Gasteiger partial charge in [0.25, 0.3) is 0 Å². The van der Waals surface area contributed by atoms with Gasteiger partial charge in [-0.1, -0.05) is 43.7 Å². The van der Waals surface area contributed by atoms with E-state index in [2.05, 4.69) is 64.9 Å². The molecule has 0 radical (unpaired) electrons. The third kappa shape index (κ3) is 7.89. The molecule has 0 atom stereocenters. The molecule has 7 nitrogen and oxygen atoms in total. The molecule has 11 heteroatoms. The smallest absolute Gasteiger partial charge is 0.229 e. The molecule has 3 N–H and O–H groups in total. The number of hydrogen-bond donors (Lipinski definition) is 3. The van der Waals surface area contributed by atoms with Crippen LogP contribution >= 0.6 is 36.4 Å². The predicted molar refractivity (Wildman–Crippen MR) is 172 cm³/mol. The zero-order chi connectivity index (χ0) is 27.4. The summed E-state index contributed by atoms with van der Waals surface area (Å²) in [5.74, 6) is 1.17. The molecule has 0 saturated heterocycles. The number of nitrogens with zero attached hydrogens (tertiary/aromatic N) is 2. The molecule has 2 aromatic carbocycles. The second-order valence-electron chi connectivity index (χ2n) is 10.3. The number of para-hydroxylation sites is 1. The second kappa shape index (κ2) is 14.5. The number of sulfone groups is 1. The Kier molecular flexibility index (Phi) is 12.3. The summed E-state index contributed by atoms with van der Waals surface area (Å²) in [6.07, 6.45) is 5.70. The summed E-state index contributed by atoms with van der Waals surface area (Å²) in [5.41, 5.74) is 6.42. The molecule has 40 heavy (non-hydrogen) atoms. The number of aromatic nitrogens is 2. The lowest BCUT2D eigenvalue weighted by Crippen LogP contribution is -2.20. The van der Waals surface area contributed by atoms with Gasteiger partial charge in [-0.2, -0.15) is 4.98 Å². The average molecular weight is 627 g/mol. The third-order valence-electron chi connectivity index (χ3n) is 6.55. The van der Waals surface area contributed by atoms with E-state index in [0.29, 0.717) is 28.4 Å². The van der Waals surface area contributed by atoms with Crippen LogP contribution in [0.2, 0.25) is 5.02 Å². The van der Waals surface area contributed by atoms with Crippen LogP contribution in [0.5, 0.6) is 0 Å². The van der Waals surface area contributed by atoms with E-state index in [1.54, 1.807) is 38.1 Å². The SMILES string of the molecule is Cc1cc(Nc2ncc(Cl)c(Nc3ccccc3S(=O)(=O)C(C)C)n2)c(CC(C)C)cc1C1=CCNCC1.Cl.Cl. The van der Waals surface area contributed by atoms with E-state index in [0.717, 1.165) is 31.6 Å². The van der Waals surface area contributed by atoms with Crippen LogP contribution in [0, 0.1) is 12.8 Å². The van der Waals surface area contributed by atoms with Crippen LogP contribution in [-0.4, -0.2) is 36.7 Å². The summed E-state index contributed by atoms with van der Waals surface area (Å²) in [6.45, 7) is 11.7. The first-order valence-corrected chi connectivity index (χ1v) is 14.9. The molecule has 3 aromatic rings. The lowest BCUT2D eigenvalue weighted by molar-refractivity contribution is 0.588. The van der Waals surface area contributed by atoms with Crippen LogP contribution in [0.4, 0.5) is 23.1 Å². The normalized spacial score (nSPS) is 13.3. The van der Waals surface area contributed by atoms with Crippen molar-refractivity contribution in [1.82, 2.24) is 15.3 Å². The van der Waals surface area contributed by atoms with Crippen LogP contribution in [-0.2, 0) is 16.3 Å². The zero-order valence-electron chi connectivity index (χ0n) is 23.4. The van der Waals surface area contributed by atoms with Crippen molar-refractivity contribution in [3.05, 3.63) is 70.4 Å². The van der Waals surface area contributed by atoms with E-state index >= 15 is 0 Å². The highest BCUT2D eigenvalue weighted by Gasteiger charge is 2.23. The Morgan fingerprint density at radius 3 is 2.42 bits per heavy atom. The number of halogens is 3. The minimum atomic E-state index is -3.51. The molecule has 0 amide bonds. The van der Waals surface area contributed by atoms with E-state index in [1.165, 1.54) is 28.5 Å². The number of rotatable bonds is 9. The van der Waals surface area contributed by atoms with Crippen LogP contribution in [0.1, 0.15) is 50.8 Å². The highest BCUT2D eigenvalue weighted by Crippen LogP contribution is 2.33. The summed E-state index contributed by atoms with van der Waals surface area (Å²) < 4.78 is 25.8. The molecule has 0 spiro atoms. The van der Waals surface area contributed by atoms with Crippen LogP contribution < -0.4 is 16.0 Å². The zero-order valence-corrected chi connectivity index (χ0v) is 26.6. The Labute approximate surface area is 255 Å². The molecule has 0 fully saturated rings. The highest BCUT2D eigenvalue weighted by atomic mass is 35.5. The predicted octanol–water partition coefficient (Wildman–Crippen LogP) is 7.53. The van der Waals surface area contributed by atoms with Gasteiger partial charge in [0.1, 0.15) is 5.02 Å². The summed E-state index contributed by atoms with van der Waals surface area (Å²) in [7, 11) is -3.51. The minimum Gasteiger partial charge on any atom is -0.338 e. The van der Waals surface area contributed by atoms with E-state index < -0.39 is 15.1 Å². The van der Waals surface area contributed by atoms with Gasteiger partial charge >= 0.3 is 0 Å². The molecule has 0 saturated carbocycles. The summed E-state index contributed by atoms with van der Waals surface area (Å²) in [5, 5.41) is 9.63. The fourth-order valence-electron chi connectivity index (χ4n) is 4.53. The van der Waals surface area contributed by atoms with E-state index in [4.69, 9.17) is 11.6 Å². The van der Waals surface area contributed by atoms with Crippen molar-refractivity contribution in [2.75, 3.05) is 23.7 Å². The standard InChI is InChI=1S/C29H36ClN5O2S.2ClH/c1-18(2)14-22-16-23(21-10-12-31-13-11-21)20(5)15-26(22)34-29-32-17-24(30)28(35-29)33-25-8-6-7-9-27(25)38(36,37)19(3)4;;/h6-10,15-19,31H,11-14H2,1-5H3,(H2,32,33,34,35);2*1H. The summed E-state index contributed by atoms with van der Waals surface area (Å²) in [6, 6.07) is 11.2. The van der Waals surface area contributed by atoms with Crippen molar-refractivity contribution in [3.8, 4) is 0 Å². The van der Waals surface area contributed by atoms with Gasteiger partial charge in [-0.15, -0.1) is 24.8 Å². The largest absolute Gasteiger partial charge is 0.338 e. The topological polar surface area (TPSA) is 96.0 Å². The Bertz CT molecular complexity index is 1460. The molecule has 218 valence electrons. The van der Waals surface area contributed by atoms with Gasteiger partial charge in [-0.25, -0.2) is 13.4 Å². The van der Waals surface area contributed by atoms with Crippen molar-refractivity contribution in [1.29, 1.82) is 0 Å². The molecule has 2 heterocycles. The maximum Gasteiger partial charge on any atom is 0.229 e. The lowest BCUT2D eigenvalue weighted by atomic mass is 9.90. The Morgan fingerprint density at radius 1 is 1.05 bits per heavy atom. The average Bonchev–Trinajstić information content (AvgIpc) is 2.88. The quantitative estimate of drug-likeness (QED) is 0.226. The fraction of sp³-hybridized carbons (Fsp3) is 0.379. The fourth-order valence-corrected chi connectivity index (χ4v) is 5.87. The van der Waals surface area contributed by atoms with Gasteiger partial charge in [0.2, 0.25) is 5.95 Å². The Hall–Kier alpha value is -2.36. The highest BCUT2D eigenvalue weighted by molar-refractivity contribution is 7.92. The van der Waals surface area contributed by atoms with Gasteiger partial charge in [0.05, 0.1) is 22.0 Å². The first-order chi connectivity index (χ1) is 18.1. The van der Waals surface area contributed by atoms with Crippen molar-refractivity contribution >= 4 is 75.0 Å². The van der Waals surface area contributed by atoms with Crippen LogP contribution in [0.25, 0.3) is 5.57 Å². The molecule has 1 aliphatic heterocycles. The van der Waals surface area contributed by atoms with Gasteiger partial charge in [-0.05, 0) is 92.6 Å². The van der Waals surface area contributed by atoms with Gasteiger partial charge in [0.15, 0.2) is 15.7 Å². The van der Waals surface area contributed by atoms with E-state index in [9.17, 15) is 8.42 Å². The van der Waals surface area contributed by atoms with Crippen LogP contribution in [0.3, 0.4) is 0 Å². The van der Waals surface area contributed by atoms with Crippen molar-refractivity contribution in [2.24, 2.45) is 5.92 Å². The molecule has 0 aliphatic carbocycles. The molecule has 1 aromatic heterocycles. The summed E-state index contributed by atoms with van der Waals surface area (Å²) in [4.78, 5) is 9.22. The Morgan fingerprint density at radius 2 is 1.77 bits per heavy atom. The summed E-state index contributed by atoms with van der Waals surface area (Å²) >= 11 is 6.43. The van der Waals surface area contributed by atoms with Crippen molar-refractivity contribution in [2.45, 2.75) is 57.6 Å². The maximum atomic E-state index is 12.9. The van der Waals surface area contributed by atoms with Crippen molar-refractivity contribution in [3.63, 3.8) is 0 Å². The number of anilines is 4. The van der Waals surface area contributed by atoms with Gasteiger partial charge in [-0.3, -0.25) is 0 Å². The number of nitrogens with one attached hydrogen (secondary N) is 3. The second-order valence-corrected chi connectivity index (χ2v) is 13.2. The number of aryl methyl sites for hydroxylation is 1. The van der Waals surface area contributed by atoms with Crippen LogP contribution in [0.15, 0.2) is 53.6 Å². The molecule has 0 bridgehead atoms. The maximum absolute atomic E-state index is 12.9. The molecule has 4 rings (SSSR count). The minimum absolute atomic E-state index is 0. The Balaban J connectivity index is 0.00000280. The first-order valence-electron chi connectivity index (χ1n) is 13.0. The van der Waals surface area contributed by atoms with E-state index in [1.807, 2.05) is 0 Å². The molecular weight excluding hydrogens is 589 g/mol. The molecular formula is C29H38Cl3N5O2S. The molecule has 1 aliphatic rings. The number of benzene rings is 2. The third-order valence-corrected chi connectivity index (χ3v) is 9.03. The monoisotopic (exact) mass is 625 g/mol. The van der Waals surface area contributed by atoms with Gasteiger partial charge in [0, 0.05) is 12.2 Å². The lowest BCUT2D eigenvalue weighted by Gasteiger charge is -2.21. The molecule has 0 unspecified atom stereocenters. The van der Waals surface area contributed by atoms with E-state index in [-0.39, 0.29) is 29.7 Å². The number of hydrogen-bond acceptors (Lipinski definition) is 7. The first kappa shape index (κ1) is 33.8.